The van der Waals surface area contributed by atoms with Crippen molar-refractivity contribution >= 4 is 12.1 Å². The first-order chi connectivity index (χ1) is 22.5. The number of carbonyl (C=O) groups excluding carboxylic acids is 2. The van der Waals surface area contributed by atoms with Gasteiger partial charge in [0.05, 0.1) is 36.4 Å². The van der Waals surface area contributed by atoms with Crippen LogP contribution in [0.1, 0.15) is 86.5 Å². The van der Waals surface area contributed by atoms with Crippen LogP contribution in [-0.4, -0.2) is 125 Å². The van der Waals surface area contributed by atoms with Crippen LogP contribution in [0.25, 0.3) is 0 Å². The van der Waals surface area contributed by atoms with Gasteiger partial charge in [0.2, 0.25) is 0 Å². The number of hydrogen-bond acceptors (Lipinski definition) is 10. The van der Waals surface area contributed by atoms with Gasteiger partial charge in [0.15, 0.2) is 6.10 Å². The largest absolute Gasteiger partial charge is 0.457 e. The molecule has 3 rings (SSSR count). The van der Waals surface area contributed by atoms with Crippen molar-refractivity contribution in [2.45, 2.75) is 140 Å². The van der Waals surface area contributed by atoms with Gasteiger partial charge in [0.1, 0.15) is 11.7 Å². The summed E-state index contributed by atoms with van der Waals surface area (Å²) in [5, 5.41) is 32.0. The molecular formula is C37H62N2O9. The minimum atomic E-state index is -1.14. The van der Waals surface area contributed by atoms with Crippen LogP contribution in [0.3, 0.4) is 0 Å². The van der Waals surface area contributed by atoms with E-state index in [-0.39, 0.29) is 42.9 Å². The zero-order valence-corrected chi connectivity index (χ0v) is 30.6. The number of piperidine rings is 1. The Bertz CT molecular complexity index is 1150. The van der Waals surface area contributed by atoms with Crippen molar-refractivity contribution in [1.29, 1.82) is 0 Å². The van der Waals surface area contributed by atoms with E-state index in [0.717, 1.165) is 31.5 Å². The van der Waals surface area contributed by atoms with E-state index in [2.05, 4.69) is 11.9 Å². The van der Waals surface area contributed by atoms with Crippen molar-refractivity contribution in [3.8, 4) is 0 Å². The van der Waals surface area contributed by atoms with Gasteiger partial charge in [-0.15, -0.1) is 0 Å². The van der Waals surface area contributed by atoms with Gasteiger partial charge in [-0.1, -0.05) is 45.1 Å². The lowest BCUT2D eigenvalue weighted by molar-refractivity contribution is -0.151. The van der Waals surface area contributed by atoms with E-state index in [4.69, 9.17) is 18.9 Å². The third-order valence-electron chi connectivity index (χ3n) is 10.6. The maximum atomic E-state index is 13.4. The highest BCUT2D eigenvalue weighted by Gasteiger charge is 2.47. The third-order valence-corrected chi connectivity index (χ3v) is 10.6. The van der Waals surface area contributed by atoms with Crippen LogP contribution < -0.4 is 0 Å². The van der Waals surface area contributed by atoms with Crippen molar-refractivity contribution < 1.29 is 43.9 Å². The molecule has 11 heteroatoms. The minimum Gasteiger partial charge on any atom is -0.457 e. The normalized spacial score (nSPS) is 34.7. The topological polar surface area (TPSA) is 142 Å². The Balaban J connectivity index is 1.78. The van der Waals surface area contributed by atoms with Gasteiger partial charge in [-0.25, -0.2) is 4.79 Å². The fourth-order valence-electron chi connectivity index (χ4n) is 6.73. The first-order valence-corrected chi connectivity index (χ1v) is 17.6. The molecule has 0 spiro atoms. The van der Waals surface area contributed by atoms with Gasteiger partial charge in [-0.3, -0.25) is 4.79 Å². The van der Waals surface area contributed by atoms with E-state index >= 15 is 0 Å². The SMILES string of the molecule is CCC(O)C(C)C1OC1CC(C)(O)/C=C/C=C(\C)C1OC(=O)CC(O)CCC(C)(OC)C(OC(=O)N(C)C2CCN(C)CC2)/C=C\C1C. The molecule has 2 fully saturated rings. The number of cyclic esters (lactones) is 1. The number of nitrogens with zero attached hydrogens (tertiary/aromatic N) is 2. The van der Waals surface area contributed by atoms with Crippen LogP contribution >= 0.6 is 0 Å². The van der Waals surface area contributed by atoms with Crippen molar-refractivity contribution in [1.82, 2.24) is 9.80 Å². The maximum absolute atomic E-state index is 13.4. The molecular weight excluding hydrogens is 616 g/mol. The second-order valence-electron chi connectivity index (χ2n) is 14.8. The van der Waals surface area contributed by atoms with Crippen molar-refractivity contribution in [2.24, 2.45) is 11.8 Å². The van der Waals surface area contributed by atoms with Crippen LogP contribution in [0.5, 0.6) is 0 Å². The monoisotopic (exact) mass is 678 g/mol. The van der Waals surface area contributed by atoms with Gasteiger partial charge in [-0.2, -0.15) is 0 Å². The standard InChI is InChI=1S/C37H62N2O9/c1-10-29(41)26(4)34-30(46-34)23-36(5,44)18-11-12-24(2)33-25(3)13-14-31(37(6,45-9)19-15-28(40)22-32(42)48-33)47-35(43)39(8)27-16-20-38(7)21-17-27/h11-14,18,25-31,33-34,40-41,44H,10,15-17,19-23H2,1-9H3/b14-13-,18-11+,24-12+. The molecule has 274 valence electrons. The van der Waals surface area contributed by atoms with Crippen LogP contribution in [0, 0.1) is 11.8 Å². The lowest BCUT2D eigenvalue weighted by atomic mass is 9.88. The van der Waals surface area contributed by atoms with Crippen LogP contribution in [0.2, 0.25) is 0 Å². The fraction of sp³-hybridized carbons (Fsp3) is 0.784. The molecule has 11 nitrogen and oxygen atoms in total. The number of methoxy groups -OCH3 is 1. The number of epoxide rings is 1. The van der Waals surface area contributed by atoms with Gasteiger partial charge in [0, 0.05) is 38.5 Å². The first kappa shape index (κ1) is 40.2. The highest BCUT2D eigenvalue weighted by atomic mass is 16.6. The zero-order valence-electron chi connectivity index (χ0n) is 30.6. The summed E-state index contributed by atoms with van der Waals surface area (Å²) in [5.74, 6) is -0.841. The molecule has 0 aliphatic carbocycles. The molecule has 10 atom stereocenters. The number of likely N-dealkylation sites (tertiary alicyclic amines) is 1. The maximum Gasteiger partial charge on any atom is 0.410 e. The lowest BCUT2D eigenvalue weighted by Crippen LogP contribution is -2.49. The van der Waals surface area contributed by atoms with E-state index in [9.17, 15) is 24.9 Å². The quantitative estimate of drug-likeness (QED) is 0.125. The first-order valence-electron chi connectivity index (χ1n) is 17.6. The molecule has 0 radical (unpaired) electrons. The van der Waals surface area contributed by atoms with Gasteiger partial charge >= 0.3 is 12.1 Å². The number of ether oxygens (including phenoxy) is 4. The summed E-state index contributed by atoms with van der Waals surface area (Å²) in [6.07, 6.45) is 8.68. The molecule has 0 aromatic heterocycles. The second-order valence-corrected chi connectivity index (χ2v) is 14.8. The summed E-state index contributed by atoms with van der Waals surface area (Å²) in [6, 6.07) is 0.0830. The number of esters is 1. The molecule has 0 bridgehead atoms. The number of amides is 1. The zero-order chi connectivity index (χ0) is 35.8. The molecule has 1 amide bonds. The average Bonchev–Trinajstić information content (AvgIpc) is 3.80. The molecule has 2 saturated heterocycles. The summed E-state index contributed by atoms with van der Waals surface area (Å²) >= 11 is 0. The molecule has 0 saturated carbocycles. The molecule has 3 aliphatic rings. The minimum absolute atomic E-state index is 0.00396. The predicted octanol–water partition coefficient (Wildman–Crippen LogP) is 4.39. The van der Waals surface area contributed by atoms with Crippen molar-refractivity contribution in [2.75, 3.05) is 34.3 Å². The van der Waals surface area contributed by atoms with E-state index in [1.54, 1.807) is 50.3 Å². The number of allylic oxidation sites excluding steroid dienone is 2. The summed E-state index contributed by atoms with van der Waals surface area (Å²) in [5.41, 5.74) is -1.35. The highest BCUT2D eigenvalue weighted by Crippen LogP contribution is 2.37. The Morgan fingerprint density at radius 1 is 1.27 bits per heavy atom. The third kappa shape index (κ3) is 11.4. The van der Waals surface area contributed by atoms with E-state index in [1.807, 2.05) is 40.7 Å². The highest BCUT2D eigenvalue weighted by molar-refractivity contribution is 5.70. The molecule has 0 aromatic rings. The number of aliphatic hydroxyl groups excluding tert-OH is 2. The number of carbonyl (C=O) groups is 2. The average molecular weight is 679 g/mol. The Kier molecular flexibility index (Phi) is 14.7. The lowest BCUT2D eigenvalue weighted by Gasteiger charge is -2.38. The number of aliphatic hydroxyl groups is 3. The smallest absolute Gasteiger partial charge is 0.410 e. The Labute approximate surface area is 287 Å². The van der Waals surface area contributed by atoms with Crippen molar-refractivity contribution in [3.05, 3.63) is 36.0 Å². The molecule has 3 aliphatic heterocycles. The van der Waals surface area contributed by atoms with Crippen LogP contribution in [0.15, 0.2) is 36.0 Å². The Morgan fingerprint density at radius 3 is 2.56 bits per heavy atom. The Morgan fingerprint density at radius 2 is 1.94 bits per heavy atom. The molecule has 3 N–H and O–H groups in total. The fourth-order valence-corrected chi connectivity index (χ4v) is 6.73. The summed E-state index contributed by atoms with van der Waals surface area (Å²) in [6.45, 7) is 13.1. The predicted molar refractivity (Wildman–Crippen MR) is 184 cm³/mol. The molecule has 3 heterocycles. The molecule has 0 aromatic carbocycles. The van der Waals surface area contributed by atoms with Crippen LogP contribution in [0.4, 0.5) is 4.79 Å². The Hall–Kier alpha value is -2.28. The summed E-state index contributed by atoms with van der Waals surface area (Å²) < 4.78 is 23.7. The van der Waals surface area contributed by atoms with Gasteiger partial charge in [0.25, 0.3) is 0 Å². The molecule has 10 unspecified atom stereocenters. The van der Waals surface area contributed by atoms with Crippen LogP contribution in [-0.2, 0) is 23.7 Å². The van der Waals surface area contributed by atoms with E-state index in [0.29, 0.717) is 19.3 Å². The van der Waals surface area contributed by atoms with E-state index in [1.165, 1.54) is 0 Å². The number of rotatable bonds is 11. The van der Waals surface area contributed by atoms with Crippen molar-refractivity contribution in [3.63, 3.8) is 0 Å². The number of hydrogen-bond donors (Lipinski definition) is 3. The molecule has 48 heavy (non-hydrogen) atoms. The summed E-state index contributed by atoms with van der Waals surface area (Å²) in [7, 11) is 5.41. The second kappa shape index (κ2) is 17.6. The summed E-state index contributed by atoms with van der Waals surface area (Å²) in [4.78, 5) is 30.3. The van der Waals surface area contributed by atoms with Gasteiger partial charge in [-0.05, 0) is 84.7 Å². The van der Waals surface area contributed by atoms with Gasteiger partial charge < -0.3 is 44.1 Å². The van der Waals surface area contributed by atoms with E-state index < -0.39 is 47.7 Å².